The molecule has 0 aromatic carbocycles. The maximum Gasteiger partial charge on any atom is 0.192 e. The van der Waals surface area contributed by atoms with Gasteiger partial charge in [-0.3, -0.25) is 0 Å². The van der Waals surface area contributed by atoms with Crippen LogP contribution in [0.4, 0.5) is 0 Å². The topological polar surface area (TPSA) is 9.23 Å². The van der Waals surface area contributed by atoms with Gasteiger partial charge in [0.15, 0.2) is 8.32 Å². The molecule has 3 saturated carbocycles. The lowest BCUT2D eigenvalue weighted by molar-refractivity contribution is -0.0167. The largest absolute Gasteiger partial charge is 0.414 e. The fourth-order valence-electron chi connectivity index (χ4n) is 7.22. The van der Waals surface area contributed by atoms with Crippen molar-refractivity contribution in [2.75, 3.05) is 0 Å². The number of fused-ring (bicyclic) bond motifs is 5. The van der Waals surface area contributed by atoms with E-state index in [0.717, 1.165) is 24.2 Å². The molecule has 0 unspecified atom stereocenters. The van der Waals surface area contributed by atoms with Crippen LogP contribution in [-0.2, 0) is 4.43 Å². The maximum atomic E-state index is 6.86. The van der Waals surface area contributed by atoms with E-state index < -0.39 is 8.32 Å². The van der Waals surface area contributed by atoms with Crippen LogP contribution in [0, 0.1) is 28.6 Å². The lowest BCUT2D eigenvalue weighted by Crippen LogP contribution is -2.51. The molecule has 0 aromatic heterocycles. The first-order valence-electron chi connectivity index (χ1n) is 12.0. The second-order valence-electron chi connectivity index (χ2n) is 12.7. The predicted molar refractivity (Wildman–Crippen MR) is 123 cm³/mol. The molecule has 0 heterocycles. The minimum Gasteiger partial charge on any atom is -0.414 e. The third-order valence-corrected chi connectivity index (χ3v) is 14.6. The number of allylic oxidation sites excluding steroid dienone is 2. The minimum absolute atomic E-state index is 0.291. The first-order valence-corrected chi connectivity index (χ1v) is 14.9. The van der Waals surface area contributed by atoms with Crippen molar-refractivity contribution in [2.45, 2.75) is 110 Å². The van der Waals surface area contributed by atoms with Crippen LogP contribution >= 0.6 is 0 Å². The molecule has 0 aliphatic heterocycles. The summed E-state index contributed by atoms with van der Waals surface area (Å²) in [7, 11) is -1.70. The van der Waals surface area contributed by atoms with Gasteiger partial charge in [0.2, 0.25) is 0 Å². The fourth-order valence-corrected chi connectivity index (χ4v) is 8.61. The Kier molecular flexibility index (Phi) is 4.91. The zero-order chi connectivity index (χ0) is 20.5. The third-order valence-electron chi connectivity index (χ3n) is 10.1. The van der Waals surface area contributed by atoms with Crippen LogP contribution in [0.25, 0.3) is 0 Å². The summed E-state index contributed by atoms with van der Waals surface area (Å²) in [6.45, 7) is 21.7. The average Bonchev–Trinajstić information content (AvgIpc) is 2.96. The van der Waals surface area contributed by atoms with Crippen LogP contribution in [0.1, 0.15) is 86.0 Å². The second-order valence-corrected chi connectivity index (χ2v) is 17.5. The standard InChI is InChI=1S/C26H44OSi/c1-18-16-19-17-20(27-28(7,8)24(2,3)4)11-15-26(19,6)22-12-14-25(5)13-9-10-21(25)23(18)22/h16,20-23H,1,9-15,17H2,2-8H3/t20-,21+,22-,23-,25-,26-/m0/s1. The highest BCUT2D eigenvalue weighted by Crippen LogP contribution is 2.65. The molecule has 1 nitrogen and oxygen atoms in total. The van der Waals surface area contributed by atoms with E-state index in [1.165, 1.54) is 50.5 Å². The van der Waals surface area contributed by atoms with Crippen molar-refractivity contribution in [3.8, 4) is 0 Å². The Morgan fingerprint density at radius 2 is 1.75 bits per heavy atom. The summed E-state index contributed by atoms with van der Waals surface area (Å²) in [5.74, 6) is 2.45. The Labute approximate surface area is 175 Å². The summed E-state index contributed by atoms with van der Waals surface area (Å²) in [5.41, 5.74) is 4.12. The van der Waals surface area contributed by atoms with Gasteiger partial charge in [-0.2, -0.15) is 0 Å². The Bertz CT molecular complexity index is 683. The van der Waals surface area contributed by atoms with Crippen LogP contribution in [0.5, 0.6) is 0 Å². The molecule has 4 aliphatic rings. The van der Waals surface area contributed by atoms with E-state index in [2.05, 4.69) is 60.4 Å². The summed E-state index contributed by atoms with van der Waals surface area (Å²) in [5, 5.41) is 0.291. The Balaban J connectivity index is 1.58. The summed E-state index contributed by atoms with van der Waals surface area (Å²) in [6.07, 6.45) is 13.9. The van der Waals surface area contributed by atoms with Crippen molar-refractivity contribution < 1.29 is 4.43 Å². The highest BCUT2D eigenvalue weighted by molar-refractivity contribution is 6.74. The third kappa shape index (κ3) is 3.12. The zero-order valence-electron chi connectivity index (χ0n) is 19.7. The summed E-state index contributed by atoms with van der Waals surface area (Å²) in [6, 6.07) is 0. The maximum absolute atomic E-state index is 6.86. The molecule has 0 bridgehead atoms. The fraction of sp³-hybridized carbons (Fsp3) is 0.846. The molecule has 0 radical (unpaired) electrons. The summed E-state index contributed by atoms with van der Waals surface area (Å²) < 4.78 is 6.86. The van der Waals surface area contributed by atoms with Gasteiger partial charge in [-0.15, -0.1) is 0 Å². The van der Waals surface area contributed by atoms with E-state index in [-0.39, 0.29) is 0 Å². The highest BCUT2D eigenvalue weighted by atomic mass is 28.4. The van der Waals surface area contributed by atoms with Crippen LogP contribution < -0.4 is 0 Å². The number of hydrogen-bond donors (Lipinski definition) is 0. The van der Waals surface area contributed by atoms with Crippen molar-refractivity contribution in [1.82, 2.24) is 0 Å². The van der Waals surface area contributed by atoms with Gasteiger partial charge < -0.3 is 4.43 Å². The van der Waals surface area contributed by atoms with E-state index >= 15 is 0 Å². The molecule has 0 spiro atoms. The monoisotopic (exact) mass is 400 g/mol. The van der Waals surface area contributed by atoms with Crippen molar-refractivity contribution in [1.29, 1.82) is 0 Å². The molecule has 6 atom stereocenters. The first kappa shape index (κ1) is 20.9. The normalized spacial score (nSPS) is 43.8. The molecular formula is C26H44OSi. The van der Waals surface area contributed by atoms with E-state index in [1.807, 2.05) is 0 Å². The quantitative estimate of drug-likeness (QED) is 0.428. The molecule has 4 rings (SSSR count). The van der Waals surface area contributed by atoms with E-state index in [9.17, 15) is 0 Å². The molecule has 28 heavy (non-hydrogen) atoms. The Hall–Kier alpha value is -0.343. The minimum atomic E-state index is -1.70. The predicted octanol–water partition coefficient (Wildman–Crippen LogP) is 7.90. The van der Waals surface area contributed by atoms with Gasteiger partial charge in [0.25, 0.3) is 0 Å². The smallest absolute Gasteiger partial charge is 0.192 e. The lowest BCUT2D eigenvalue weighted by atomic mass is 9.47. The van der Waals surface area contributed by atoms with Crippen LogP contribution in [0.2, 0.25) is 18.1 Å². The molecule has 0 N–H and O–H groups in total. The van der Waals surface area contributed by atoms with Crippen LogP contribution in [-0.4, -0.2) is 14.4 Å². The van der Waals surface area contributed by atoms with E-state index in [0.29, 0.717) is 22.0 Å². The van der Waals surface area contributed by atoms with Crippen molar-refractivity contribution >= 4 is 8.32 Å². The molecule has 0 amide bonds. The SMILES string of the molecule is C=C1C=C2C[C@@H](O[Si](C)(C)C(C)(C)C)CC[C@]2(C)[C@H]2CC[C@]3(C)CCC[C@@H]3[C@H]12. The van der Waals surface area contributed by atoms with Crippen molar-refractivity contribution in [2.24, 2.45) is 28.6 Å². The zero-order valence-corrected chi connectivity index (χ0v) is 20.7. The highest BCUT2D eigenvalue weighted by Gasteiger charge is 2.57. The first-order chi connectivity index (χ1) is 12.9. The van der Waals surface area contributed by atoms with Crippen LogP contribution in [0.3, 0.4) is 0 Å². The van der Waals surface area contributed by atoms with Gasteiger partial charge >= 0.3 is 0 Å². The van der Waals surface area contributed by atoms with Gasteiger partial charge in [-0.05, 0) is 91.7 Å². The van der Waals surface area contributed by atoms with Gasteiger partial charge in [-0.1, -0.05) is 64.8 Å². The van der Waals surface area contributed by atoms with E-state index in [1.54, 1.807) is 5.57 Å². The Morgan fingerprint density at radius 3 is 2.43 bits per heavy atom. The molecular weight excluding hydrogens is 356 g/mol. The van der Waals surface area contributed by atoms with E-state index in [4.69, 9.17) is 4.43 Å². The van der Waals surface area contributed by atoms with Gasteiger partial charge in [0.1, 0.15) is 0 Å². The molecule has 3 fully saturated rings. The summed E-state index contributed by atoms with van der Waals surface area (Å²) >= 11 is 0. The number of rotatable bonds is 2. The van der Waals surface area contributed by atoms with Gasteiger partial charge in [0, 0.05) is 6.10 Å². The van der Waals surface area contributed by atoms with Crippen LogP contribution in [0.15, 0.2) is 23.8 Å². The van der Waals surface area contributed by atoms with Crippen molar-refractivity contribution in [3.63, 3.8) is 0 Å². The lowest BCUT2D eigenvalue weighted by Gasteiger charge is -2.58. The second kappa shape index (κ2) is 6.58. The number of hydrogen-bond acceptors (Lipinski definition) is 1. The average molecular weight is 401 g/mol. The molecule has 0 saturated heterocycles. The molecule has 4 aliphatic carbocycles. The van der Waals surface area contributed by atoms with Gasteiger partial charge in [0.05, 0.1) is 0 Å². The van der Waals surface area contributed by atoms with Gasteiger partial charge in [-0.25, -0.2) is 0 Å². The molecule has 0 aromatic rings. The summed E-state index contributed by atoms with van der Waals surface area (Å²) in [4.78, 5) is 0. The van der Waals surface area contributed by atoms with Crippen molar-refractivity contribution in [3.05, 3.63) is 23.8 Å². The molecule has 158 valence electrons. The molecule has 2 heteroatoms. The Morgan fingerprint density at radius 1 is 1.04 bits per heavy atom.